The van der Waals surface area contributed by atoms with E-state index in [1.807, 2.05) is 18.2 Å². The first-order chi connectivity index (χ1) is 13.9. The van der Waals surface area contributed by atoms with Crippen LogP contribution < -0.4 is 0 Å². The van der Waals surface area contributed by atoms with E-state index in [0.29, 0.717) is 12.8 Å². The van der Waals surface area contributed by atoms with Crippen LogP contribution in [-0.4, -0.2) is 56.5 Å². The molecule has 3 rings (SSSR count). The molecule has 8 heteroatoms. The van der Waals surface area contributed by atoms with Gasteiger partial charge in [-0.25, -0.2) is 8.42 Å². The van der Waals surface area contributed by atoms with Gasteiger partial charge in [0.05, 0.1) is 23.7 Å². The quantitative estimate of drug-likeness (QED) is 0.496. The van der Waals surface area contributed by atoms with Gasteiger partial charge in [0, 0.05) is 19.0 Å². The molecule has 0 bridgehead atoms. The largest absolute Gasteiger partial charge is 0.507 e. The van der Waals surface area contributed by atoms with Crippen LogP contribution in [0.1, 0.15) is 38.2 Å². The molecule has 1 aromatic carbocycles. The van der Waals surface area contributed by atoms with E-state index in [4.69, 9.17) is 9.39 Å². The predicted octanol–water partition coefficient (Wildman–Crippen LogP) is 2.98. The van der Waals surface area contributed by atoms with Gasteiger partial charge in [-0.3, -0.25) is 0 Å². The lowest BCUT2D eigenvalue weighted by molar-refractivity contribution is 0.166. The highest BCUT2D eigenvalue weighted by Crippen LogP contribution is 2.40. The zero-order valence-electron chi connectivity index (χ0n) is 17.0. The minimum atomic E-state index is -3.33. The van der Waals surface area contributed by atoms with Crippen molar-refractivity contribution in [3.8, 4) is 5.75 Å². The van der Waals surface area contributed by atoms with E-state index in [-0.39, 0.29) is 24.4 Å². The van der Waals surface area contributed by atoms with Crippen molar-refractivity contribution in [2.75, 3.05) is 19.5 Å². The fourth-order valence-electron chi connectivity index (χ4n) is 4.32. The molecule has 6 nitrogen and oxygen atoms in total. The lowest BCUT2D eigenvalue weighted by Gasteiger charge is -2.32. The Hall–Kier alpha value is -1.61. The van der Waals surface area contributed by atoms with Gasteiger partial charge in [0.15, 0.2) is 9.84 Å². The highest BCUT2D eigenvalue weighted by atomic mass is 32.2. The summed E-state index contributed by atoms with van der Waals surface area (Å²) >= 11 is 0. The zero-order valence-corrected chi connectivity index (χ0v) is 17.8. The fraction of sp³-hybridized carbons (Fsp3) is 0.524. The van der Waals surface area contributed by atoms with Crippen LogP contribution in [0.4, 0.5) is 0 Å². The van der Waals surface area contributed by atoms with E-state index in [2.05, 4.69) is 6.92 Å². The summed E-state index contributed by atoms with van der Waals surface area (Å²) < 4.78 is 36.2. The molecule has 0 spiro atoms. The Kier molecular flexibility index (Phi) is 7.21. The van der Waals surface area contributed by atoms with Crippen molar-refractivity contribution < 1.29 is 27.9 Å². The average Bonchev–Trinajstić information content (AvgIpc) is 2.92. The maximum absolute atomic E-state index is 12.6. The van der Waals surface area contributed by atoms with Crippen LogP contribution in [0.15, 0.2) is 41.0 Å². The van der Waals surface area contributed by atoms with Crippen molar-refractivity contribution in [3.63, 3.8) is 0 Å². The maximum atomic E-state index is 12.6. The van der Waals surface area contributed by atoms with Crippen LogP contribution in [-0.2, 0) is 19.2 Å². The first kappa shape index (κ1) is 22.1. The number of allylic oxidation sites excluding steroid dienone is 1. The zero-order chi connectivity index (χ0) is 21.0. The first-order valence-electron chi connectivity index (χ1n) is 10.1. The van der Waals surface area contributed by atoms with Crippen LogP contribution in [0.25, 0.3) is 6.08 Å². The van der Waals surface area contributed by atoms with E-state index in [1.165, 1.54) is 0 Å². The number of para-hydroxylation sites is 1. The third-order valence-electron chi connectivity index (χ3n) is 5.56. The van der Waals surface area contributed by atoms with Crippen molar-refractivity contribution >= 4 is 23.0 Å². The van der Waals surface area contributed by atoms with Gasteiger partial charge < -0.3 is 19.5 Å². The van der Waals surface area contributed by atoms with Crippen molar-refractivity contribution in [1.82, 2.24) is 0 Å². The molecule has 0 aromatic heterocycles. The van der Waals surface area contributed by atoms with E-state index >= 15 is 0 Å². The molecular formula is C21H29BO6S. The highest BCUT2D eigenvalue weighted by molar-refractivity contribution is 7.92. The fourth-order valence-corrected chi connectivity index (χ4v) is 6.42. The van der Waals surface area contributed by atoms with Crippen molar-refractivity contribution in [3.05, 3.63) is 46.5 Å². The topological polar surface area (TPSA) is 93.1 Å². The number of fused-ring (bicyclic) bond motifs is 1. The molecule has 2 atom stereocenters. The summed E-state index contributed by atoms with van der Waals surface area (Å²) in [5, 5.41) is 19.5. The second kappa shape index (κ2) is 9.47. The monoisotopic (exact) mass is 420 g/mol. The van der Waals surface area contributed by atoms with E-state index in [9.17, 15) is 18.5 Å². The van der Waals surface area contributed by atoms with Crippen LogP contribution >= 0.6 is 0 Å². The summed E-state index contributed by atoms with van der Waals surface area (Å²) in [4.78, 5) is 0. The van der Waals surface area contributed by atoms with E-state index in [0.717, 1.165) is 35.1 Å². The van der Waals surface area contributed by atoms with Gasteiger partial charge in [0.2, 0.25) is 0 Å². The summed E-state index contributed by atoms with van der Waals surface area (Å²) in [5.74, 6) is 0.209. The van der Waals surface area contributed by atoms with Gasteiger partial charge in [-0.1, -0.05) is 43.2 Å². The standard InChI is InChI=1S/C21H29BO6S/c1-3-6-15(11-16-7-4-5-8-18(16)23)9-10-19-21-17(13-27-2)14-29(25,26)20(21)12-22(24)28-19/h4-5,7-8,11,19-20,23-24H,3,6,9-10,12-14H2,1-2H3/b15-11+/t19-,20+/m1/s1. The molecular weight excluding hydrogens is 391 g/mol. The van der Waals surface area contributed by atoms with Crippen molar-refractivity contribution in [2.45, 2.75) is 50.3 Å². The summed E-state index contributed by atoms with van der Waals surface area (Å²) in [6, 6.07) is 7.19. The molecule has 2 aliphatic heterocycles. The number of ether oxygens (including phenoxy) is 1. The Morgan fingerprint density at radius 2 is 2.10 bits per heavy atom. The lowest BCUT2D eigenvalue weighted by atomic mass is 9.74. The van der Waals surface area contributed by atoms with E-state index < -0.39 is 28.3 Å². The van der Waals surface area contributed by atoms with Crippen molar-refractivity contribution in [1.29, 1.82) is 0 Å². The average molecular weight is 420 g/mol. The number of sulfone groups is 1. The second-order valence-electron chi connectivity index (χ2n) is 7.75. The van der Waals surface area contributed by atoms with Crippen LogP contribution in [0.2, 0.25) is 6.32 Å². The summed E-state index contributed by atoms with van der Waals surface area (Å²) in [6.45, 7) is 2.36. The molecule has 1 saturated heterocycles. The van der Waals surface area contributed by atoms with Gasteiger partial charge in [-0.15, -0.1) is 0 Å². The Morgan fingerprint density at radius 3 is 2.79 bits per heavy atom. The Morgan fingerprint density at radius 1 is 1.34 bits per heavy atom. The van der Waals surface area contributed by atoms with Gasteiger partial charge in [-0.2, -0.15) is 0 Å². The number of benzene rings is 1. The summed E-state index contributed by atoms with van der Waals surface area (Å²) in [7, 11) is -2.86. The van der Waals surface area contributed by atoms with Gasteiger partial charge in [0.1, 0.15) is 5.75 Å². The minimum absolute atomic E-state index is 0.0248. The van der Waals surface area contributed by atoms with Crippen molar-refractivity contribution in [2.24, 2.45) is 0 Å². The molecule has 1 fully saturated rings. The number of phenolic OH excluding ortho intramolecular Hbond substituents is 1. The molecule has 158 valence electrons. The van der Waals surface area contributed by atoms with Crippen LogP contribution in [0.5, 0.6) is 5.75 Å². The number of hydrogen-bond donors (Lipinski definition) is 2. The molecule has 0 aliphatic carbocycles. The number of aromatic hydroxyl groups is 1. The van der Waals surface area contributed by atoms with E-state index in [1.54, 1.807) is 19.2 Å². The Balaban J connectivity index is 1.83. The number of phenols is 1. The van der Waals surface area contributed by atoms with Crippen LogP contribution in [0.3, 0.4) is 0 Å². The molecule has 1 aromatic rings. The molecule has 0 saturated carbocycles. The minimum Gasteiger partial charge on any atom is -0.507 e. The molecule has 2 heterocycles. The predicted molar refractivity (Wildman–Crippen MR) is 114 cm³/mol. The molecule has 0 amide bonds. The Labute approximate surface area is 173 Å². The molecule has 0 radical (unpaired) electrons. The molecule has 0 unspecified atom stereocenters. The third kappa shape index (κ3) is 5.12. The van der Waals surface area contributed by atoms with Gasteiger partial charge in [-0.05, 0) is 36.5 Å². The third-order valence-corrected chi connectivity index (χ3v) is 7.63. The normalized spacial score (nSPS) is 24.1. The van der Waals surface area contributed by atoms with Gasteiger partial charge >= 0.3 is 7.12 Å². The second-order valence-corrected chi connectivity index (χ2v) is 9.94. The molecule has 2 N–H and O–H groups in total. The first-order valence-corrected chi connectivity index (χ1v) is 11.8. The number of hydrogen-bond acceptors (Lipinski definition) is 6. The molecule has 2 aliphatic rings. The smallest absolute Gasteiger partial charge is 0.456 e. The maximum Gasteiger partial charge on any atom is 0.456 e. The highest BCUT2D eigenvalue weighted by Gasteiger charge is 2.48. The number of methoxy groups -OCH3 is 1. The van der Waals surface area contributed by atoms with Gasteiger partial charge in [0.25, 0.3) is 0 Å². The Bertz CT molecular complexity index is 892. The summed E-state index contributed by atoms with van der Waals surface area (Å²) in [5.41, 5.74) is 3.46. The van der Waals surface area contributed by atoms with Crippen LogP contribution in [0, 0.1) is 0 Å². The summed E-state index contributed by atoms with van der Waals surface area (Å²) in [6.07, 6.45) is 4.72. The lowest BCUT2D eigenvalue weighted by Crippen LogP contribution is -2.42. The SMILES string of the molecule is CCC/C(=C\c1ccccc1O)CC[C@H]1OB(O)C[C@H]2C1=C(COC)CS2(=O)=O. The number of rotatable bonds is 8. The molecule has 29 heavy (non-hydrogen) atoms.